The van der Waals surface area contributed by atoms with Gasteiger partial charge in [-0.25, -0.2) is 15.0 Å². The number of hydrogen-bond donors (Lipinski definition) is 0. The molecular weight excluding hydrogens is 681 g/mol. The molecule has 0 N–H and O–H groups in total. The van der Waals surface area contributed by atoms with Gasteiger partial charge >= 0.3 is 0 Å². The minimum atomic E-state index is 0.324. The van der Waals surface area contributed by atoms with Crippen LogP contribution in [0.5, 0.6) is 0 Å². The molecule has 7 heteroatoms. The summed E-state index contributed by atoms with van der Waals surface area (Å²) in [4.78, 5) is 20.1. The molecule has 55 heavy (non-hydrogen) atoms. The zero-order valence-electron chi connectivity index (χ0n) is 29.2. The van der Waals surface area contributed by atoms with Gasteiger partial charge < -0.3 is 13.3 Å². The van der Waals surface area contributed by atoms with Crippen molar-refractivity contribution in [2.24, 2.45) is 5.92 Å². The predicted molar refractivity (Wildman–Crippen MR) is 217 cm³/mol. The summed E-state index contributed by atoms with van der Waals surface area (Å²) in [6.45, 7) is 0. The Morgan fingerprint density at radius 2 is 1.20 bits per heavy atom. The normalized spacial score (nSPS) is 15.0. The van der Waals surface area contributed by atoms with Crippen LogP contribution in [0.25, 0.3) is 106 Å². The van der Waals surface area contributed by atoms with Crippen LogP contribution < -0.4 is 0 Å². The molecule has 0 bridgehead atoms. The highest BCUT2D eigenvalue weighted by molar-refractivity contribution is 6.16. The van der Waals surface area contributed by atoms with Gasteiger partial charge in [0.25, 0.3) is 0 Å². The molecule has 10 aromatic rings. The third-order valence-corrected chi connectivity index (χ3v) is 11.0. The molecule has 1 atom stereocenters. The van der Waals surface area contributed by atoms with E-state index in [-0.39, 0.29) is 0 Å². The number of hydrogen-bond acceptors (Lipinski definition) is 7. The zero-order valence-corrected chi connectivity index (χ0v) is 29.2. The van der Waals surface area contributed by atoms with Crippen LogP contribution in [0.1, 0.15) is 11.3 Å². The van der Waals surface area contributed by atoms with E-state index >= 15 is 0 Å². The monoisotopic (exact) mass is 708 g/mol. The lowest BCUT2D eigenvalue weighted by molar-refractivity contribution is 0.521. The first-order valence-corrected chi connectivity index (χ1v) is 18.4. The van der Waals surface area contributed by atoms with Crippen LogP contribution in [0.3, 0.4) is 0 Å². The van der Waals surface area contributed by atoms with Crippen LogP contribution in [-0.4, -0.2) is 19.9 Å². The molecule has 0 aliphatic heterocycles. The van der Waals surface area contributed by atoms with Gasteiger partial charge in [-0.05, 0) is 41.5 Å². The topological polar surface area (TPSA) is 91.0 Å². The summed E-state index contributed by atoms with van der Waals surface area (Å²) in [7, 11) is 0. The molecule has 0 radical (unpaired) electrons. The van der Waals surface area contributed by atoms with Crippen molar-refractivity contribution in [3.63, 3.8) is 0 Å². The van der Waals surface area contributed by atoms with Gasteiger partial charge in [-0.3, -0.25) is 4.98 Å². The van der Waals surface area contributed by atoms with Crippen molar-refractivity contribution < 1.29 is 13.3 Å². The smallest absolute Gasteiger partial charge is 0.167 e. The van der Waals surface area contributed by atoms with Crippen molar-refractivity contribution in [3.05, 3.63) is 163 Å². The number of rotatable bonds is 4. The highest BCUT2D eigenvalue weighted by Crippen LogP contribution is 2.45. The van der Waals surface area contributed by atoms with E-state index in [9.17, 15) is 0 Å². The first-order valence-electron chi connectivity index (χ1n) is 18.4. The Hall–Kier alpha value is -7.38. The van der Waals surface area contributed by atoms with Crippen LogP contribution in [0, 0.1) is 5.92 Å². The highest BCUT2D eigenvalue weighted by Gasteiger charge is 2.27. The largest absolute Gasteiger partial charge is 0.460 e. The standard InChI is InChI=1S/C48H28N4O3/c1-2-11-27(12-3-1)46-50-47(52-48(51-46)34-19-8-17-32-30-15-6-7-20-38(30)54-44(32)34)33-18-10-22-40-43(33)37-26-49-25-36(45(37)55-40)31-16-9-21-39-42(31)35-23-28-13-4-5-14-29(28)24-41(35)53-39/h1-23,25-26,29H,24H2. The van der Waals surface area contributed by atoms with Crippen LogP contribution >= 0.6 is 0 Å². The van der Waals surface area contributed by atoms with Crippen molar-refractivity contribution in [1.82, 2.24) is 19.9 Å². The van der Waals surface area contributed by atoms with Crippen LogP contribution in [0.2, 0.25) is 0 Å². The molecule has 2 aliphatic rings. The Labute approximate surface area is 313 Å². The maximum Gasteiger partial charge on any atom is 0.167 e. The molecule has 5 aromatic carbocycles. The number of furan rings is 3. The van der Waals surface area contributed by atoms with Gasteiger partial charge in [-0.1, -0.05) is 109 Å². The van der Waals surface area contributed by atoms with Gasteiger partial charge in [0.15, 0.2) is 17.5 Å². The molecular formula is C48H28N4O3. The summed E-state index contributed by atoms with van der Waals surface area (Å²) in [5, 5.41) is 4.88. The molecule has 12 rings (SSSR count). The SMILES string of the molecule is C1=CC2=Cc3c(oc4cccc(-c5cncc6c5oc5cccc(-c7nc(-c8ccccc8)nc(-c8cccc9c8oc8ccccc89)n7)c56)c34)CC2C=C1. The zero-order chi connectivity index (χ0) is 36.0. The number of pyridine rings is 1. The Balaban J connectivity index is 1.08. The fourth-order valence-electron chi connectivity index (χ4n) is 8.43. The van der Waals surface area contributed by atoms with E-state index in [0.717, 1.165) is 100 Å². The third kappa shape index (κ3) is 4.56. The van der Waals surface area contributed by atoms with Gasteiger partial charge in [-0.15, -0.1) is 0 Å². The summed E-state index contributed by atoms with van der Waals surface area (Å²) in [6.07, 6.45) is 15.5. The quantitative estimate of drug-likeness (QED) is 0.180. The van der Waals surface area contributed by atoms with Crippen LogP contribution in [0.15, 0.2) is 165 Å². The third-order valence-electron chi connectivity index (χ3n) is 11.0. The van der Waals surface area contributed by atoms with Gasteiger partial charge in [0, 0.05) is 73.9 Å². The maximum absolute atomic E-state index is 6.78. The van der Waals surface area contributed by atoms with Crippen molar-refractivity contribution in [3.8, 4) is 45.3 Å². The molecule has 0 fully saturated rings. The maximum atomic E-state index is 6.78. The lowest BCUT2D eigenvalue weighted by atomic mass is 9.83. The second-order valence-electron chi connectivity index (χ2n) is 14.1. The first kappa shape index (κ1) is 30.1. The molecule has 5 aromatic heterocycles. The van der Waals surface area contributed by atoms with E-state index in [2.05, 4.69) is 48.6 Å². The Kier molecular flexibility index (Phi) is 6.33. The van der Waals surface area contributed by atoms with Gasteiger partial charge in [0.05, 0.1) is 5.56 Å². The number of nitrogens with zero attached hydrogens (tertiary/aromatic N) is 4. The van der Waals surface area contributed by atoms with E-state index in [1.807, 2.05) is 103 Å². The number of fused-ring (bicyclic) bond motifs is 10. The number of para-hydroxylation sites is 2. The molecule has 0 amide bonds. The highest BCUT2D eigenvalue weighted by atomic mass is 16.3. The molecule has 0 saturated carbocycles. The van der Waals surface area contributed by atoms with Crippen LogP contribution in [-0.2, 0) is 6.42 Å². The van der Waals surface area contributed by atoms with Crippen LogP contribution in [0.4, 0.5) is 0 Å². The summed E-state index contributed by atoms with van der Waals surface area (Å²) in [5.41, 5.74) is 10.7. The molecule has 0 saturated heterocycles. The number of benzene rings is 5. The fraction of sp³-hybridized carbons (Fsp3) is 0.0417. The molecule has 5 heterocycles. The second kappa shape index (κ2) is 11.6. The second-order valence-corrected chi connectivity index (χ2v) is 14.1. The summed E-state index contributed by atoms with van der Waals surface area (Å²) < 4.78 is 19.7. The molecule has 1 unspecified atom stereocenters. The van der Waals surface area contributed by atoms with Crippen molar-refractivity contribution >= 4 is 60.9 Å². The minimum absolute atomic E-state index is 0.324. The summed E-state index contributed by atoms with van der Waals surface area (Å²) in [5.74, 6) is 2.94. The summed E-state index contributed by atoms with van der Waals surface area (Å²) in [6, 6.07) is 36.4. The summed E-state index contributed by atoms with van der Waals surface area (Å²) >= 11 is 0. The van der Waals surface area contributed by atoms with E-state index in [4.69, 9.17) is 33.2 Å². The lowest BCUT2D eigenvalue weighted by Gasteiger charge is -2.20. The predicted octanol–water partition coefficient (Wildman–Crippen LogP) is 12.2. The minimum Gasteiger partial charge on any atom is -0.460 e. The van der Waals surface area contributed by atoms with Crippen molar-refractivity contribution in [1.29, 1.82) is 0 Å². The van der Waals surface area contributed by atoms with Crippen molar-refractivity contribution in [2.45, 2.75) is 6.42 Å². The Morgan fingerprint density at radius 1 is 0.509 bits per heavy atom. The van der Waals surface area contributed by atoms with Crippen molar-refractivity contribution in [2.75, 3.05) is 0 Å². The molecule has 0 spiro atoms. The van der Waals surface area contributed by atoms with Gasteiger partial charge in [0.1, 0.15) is 33.7 Å². The average molecular weight is 709 g/mol. The van der Waals surface area contributed by atoms with E-state index in [0.29, 0.717) is 23.4 Å². The van der Waals surface area contributed by atoms with Gasteiger partial charge in [-0.2, -0.15) is 0 Å². The Bertz CT molecular complexity index is 3310. The fourth-order valence-corrected chi connectivity index (χ4v) is 8.43. The number of aromatic nitrogens is 4. The first-order chi connectivity index (χ1) is 27.2. The molecule has 7 nitrogen and oxygen atoms in total. The van der Waals surface area contributed by atoms with E-state index < -0.39 is 0 Å². The van der Waals surface area contributed by atoms with E-state index in [1.54, 1.807) is 0 Å². The lowest BCUT2D eigenvalue weighted by Crippen LogP contribution is -2.10. The van der Waals surface area contributed by atoms with E-state index in [1.165, 1.54) is 5.57 Å². The molecule has 258 valence electrons. The molecule has 2 aliphatic carbocycles. The number of allylic oxidation sites excluding steroid dienone is 5. The average Bonchev–Trinajstić information content (AvgIpc) is 3.94. The Morgan fingerprint density at radius 3 is 2.11 bits per heavy atom. The van der Waals surface area contributed by atoms with Gasteiger partial charge in [0.2, 0.25) is 0 Å².